The molecular weight excluding hydrogens is 194 g/mol. The van der Waals surface area contributed by atoms with Crippen molar-refractivity contribution in [1.82, 2.24) is 0 Å². The standard InChI is InChI=1S/C10H13N3S/c11-6-1-7-13-9-2-4-10(5-3-9)14-8-12/h2-5,13H,1,6-7,11H2. The Morgan fingerprint density at radius 2 is 2.07 bits per heavy atom. The third kappa shape index (κ3) is 3.69. The highest BCUT2D eigenvalue weighted by Gasteiger charge is 1.93. The van der Waals surface area contributed by atoms with Gasteiger partial charge in [-0.25, -0.2) is 0 Å². The summed E-state index contributed by atoms with van der Waals surface area (Å²) in [4.78, 5) is 0.969. The highest BCUT2D eigenvalue weighted by Crippen LogP contribution is 2.18. The van der Waals surface area contributed by atoms with E-state index in [1.54, 1.807) is 0 Å². The van der Waals surface area contributed by atoms with E-state index in [0.717, 1.165) is 23.5 Å². The summed E-state index contributed by atoms with van der Waals surface area (Å²) in [6.45, 7) is 1.59. The van der Waals surface area contributed by atoms with Gasteiger partial charge in [0.15, 0.2) is 0 Å². The molecule has 0 spiro atoms. The number of hydrogen-bond donors (Lipinski definition) is 2. The predicted octanol–water partition coefficient (Wildman–Crippen LogP) is 2.02. The maximum Gasteiger partial charge on any atom is 0.138 e. The van der Waals surface area contributed by atoms with E-state index < -0.39 is 0 Å². The van der Waals surface area contributed by atoms with Crippen LogP contribution in [0.1, 0.15) is 6.42 Å². The number of benzene rings is 1. The Kier molecular flexibility index (Phi) is 4.90. The van der Waals surface area contributed by atoms with Crippen molar-refractivity contribution in [3.8, 4) is 5.40 Å². The summed E-state index contributed by atoms with van der Waals surface area (Å²) in [5.41, 5.74) is 6.45. The van der Waals surface area contributed by atoms with Crippen LogP contribution in [-0.4, -0.2) is 13.1 Å². The Morgan fingerprint density at radius 1 is 1.36 bits per heavy atom. The zero-order chi connectivity index (χ0) is 10.2. The maximum absolute atomic E-state index is 8.45. The van der Waals surface area contributed by atoms with Gasteiger partial charge in [-0.2, -0.15) is 5.26 Å². The van der Waals surface area contributed by atoms with Crippen LogP contribution in [-0.2, 0) is 0 Å². The zero-order valence-corrected chi connectivity index (χ0v) is 8.68. The smallest absolute Gasteiger partial charge is 0.138 e. The summed E-state index contributed by atoms with van der Waals surface area (Å²) in [5, 5.41) is 13.7. The van der Waals surface area contributed by atoms with Crippen LogP contribution < -0.4 is 11.1 Å². The molecule has 1 aromatic rings. The molecule has 0 atom stereocenters. The molecule has 0 aliphatic carbocycles. The average Bonchev–Trinajstić information content (AvgIpc) is 2.21. The van der Waals surface area contributed by atoms with Gasteiger partial charge in [0.1, 0.15) is 5.40 Å². The molecule has 1 rings (SSSR count). The Hall–Kier alpha value is -1.18. The van der Waals surface area contributed by atoms with Crippen LogP contribution in [0.2, 0.25) is 0 Å². The molecule has 0 heterocycles. The predicted molar refractivity (Wildman–Crippen MR) is 60.1 cm³/mol. The minimum absolute atomic E-state index is 0.704. The molecule has 0 aromatic heterocycles. The van der Waals surface area contributed by atoms with Crippen molar-refractivity contribution in [1.29, 1.82) is 5.26 Å². The first kappa shape index (κ1) is 10.9. The van der Waals surface area contributed by atoms with Gasteiger partial charge >= 0.3 is 0 Å². The summed E-state index contributed by atoms with van der Waals surface area (Å²) < 4.78 is 0. The number of nitrogens with zero attached hydrogens (tertiary/aromatic N) is 1. The second-order valence-electron chi connectivity index (χ2n) is 2.79. The van der Waals surface area contributed by atoms with Crippen molar-refractivity contribution in [2.75, 3.05) is 18.4 Å². The lowest BCUT2D eigenvalue weighted by Crippen LogP contribution is -2.08. The summed E-state index contributed by atoms with van der Waals surface area (Å²) in [7, 11) is 0. The minimum atomic E-state index is 0.704. The van der Waals surface area contributed by atoms with Gasteiger partial charge in [0, 0.05) is 17.1 Å². The molecule has 0 amide bonds. The van der Waals surface area contributed by atoms with Gasteiger partial charge in [0.2, 0.25) is 0 Å². The first-order chi connectivity index (χ1) is 6.86. The number of nitriles is 1. The lowest BCUT2D eigenvalue weighted by molar-refractivity contribution is 0.874. The molecule has 0 fully saturated rings. The van der Waals surface area contributed by atoms with Crippen LogP contribution in [0.4, 0.5) is 5.69 Å². The van der Waals surface area contributed by atoms with Crippen LogP contribution in [0.3, 0.4) is 0 Å². The van der Waals surface area contributed by atoms with Crippen molar-refractivity contribution < 1.29 is 0 Å². The first-order valence-corrected chi connectivity index (χ1v) is 5.28. The summed E-state index contributed by atoms with van der Waals surface area (Å²) in [6.07, 6.45) is 0.967. The van der Waals surface area contributed by atoms with Crippen molar-refractivity contribution in [2.24, 2.45) is 5.73 Å². The van der Waals surface area contributed by atoms with E-state index in [4.69, 9.17) is 11.0 Å². The normalized spacial score (nSPS) is 9.43. The molecule has 0 aliphatic rings. The van der Waals surface area contributed by atoms with Gasteiger partial charge in [-0.3, -0.25) is 0 Å². The molecule has 0 radical (unpaired) electrons. The molecule has 0 unspecified atom stereocenters. The molecule has 0 aliphatic heterocycles. The maximum atomic E-state index is 8.45. The van der Waals surface area contributed by atoms with E-state index in [2.05, 4.69) is 5.32 Å². The molecule has 3 N–H and O–H groups in total. The molecule has 1 aromatic carbocycles. The highest BCUT2D eigenvalue weighted by atomic mass is 32.2. The molecule has 74 valence electrons. The second-order valence-corrected chi connectivity index (χ2v) is 3.64. The summed E-state index contributed by atoms with van der Waals surface area (Å²) in [5.74, 6) is 0. The van der Waals surface area contributed by atoms with E-state index in [9.17, 15) is 0 Å². The average molecular weight is 207 g/mol. The summed E-state index contributed by atoms with van der Waals surface area (Å²) >= 11 is 1.17. The molecule has 0 saturated carbocycles. The zero-order valence-electron chi connectivity index (χ0n) is 7.86. The third-order valence-electron chi connectivity index (χ3n) is 1.73. The van der Waals surface area contributed by atoms with Crippen molar-refractivity contribution >= 4 is 17.4 Å². The monoisotopic (exact) mass is 207 g/mol. The number of thioether (sulfide) groups is 1. The van der Waals surface area contributed by atoms with E-state index in [1.165, 1.54) is 11.8 Å². The number of thiocyanates is 1. The molecule has 4 heteroatoms. The number of rotatable bonds is 5. The number of nitrogens with two attached hydrogens (primary N) is 1. The van der Waals surface area contributed by atoms with Crippen LogP contribution in [0.25, 0.3) is 0 Å². The second kappa shape index (κ2) is 6.30. The Labute approximate surface area is 88.3 Å². The fraction of sp³-hybridized carbons (Fsp3) is 0.300. The Morgan fingerprint density at radius 3 is 2.64 bits per heavy atom. The Balaban J connectivity index is 2.43. The topological polar surface area (TPSA) is 61.8 Å². The third-order valence-corrected chi connectivity index (χ3v) is 2.33. The van der Waals surface area contributed by atoms with Crippen LogP contribution >= 0.6 is 11.8 Å². The number of hydrogen-bond acceptors (Lipinski definition) is 4. The van der Waals surface area contributed by atoms with Crippen LogP contribution in [0.5, 0.6) is 0 Å². The number of anilines is 1. The summed E-state index contributed by atoms with van der Waals surface area (Å²) in [6, 6.07) is 7.80. The lowest BCUT2D eigenvalue weighted by atomic mass is 10.3. The van der Waals surface area contributed by atoms with Crippen molar-refractivity contribution in [3.05, 3.63) is 24.3 Å². The van der Waals surface area contributed by atoms with E-state index >= 15 is 0 Å². The van der Waals surface area contributed by atoms with Crippen molar-refractivity contribution in [3.63, 3.8) is 0 Å². The van der Waals surface area contributed by atoms with Crippen LogP contribution in [0.15, 0.2) is 29.2 Å². The molecule has 0 bridgehead atoms. The minimum Gasteiger partial charge on any atom is -0.385 e. The van der Waals surface area contributed by atoms with Crippen LogP contribution in [0, 0.1) is 10.7 Å². The van der Waals surface area contributed by atoms with Gasteiger partial charge in [0.25, 0.3) is 0 Å². The van der Waals surface area contributed by atoms with Gasteiger partial charge in [-0.05, 0) is 49.0 Å². The molecule has 3 nitrogen and oxygen atoms in total. The fourth-order valence-corrected chi connectivity index (χ4v) is 1.41. The molecule has 0 saturated heterocycles. The largest absolute Gasteiger partial charge is 0.385 e. The van der Waals surface area contributed by atoms with E-state index in [1.807, 2.05) is 29.7 Å². The first-order valence-electron chi connectivity index (χ1n) is 4.47. The quantitative estimate of drug-likeness (QED) is 0.440. The fourth-order valence-electron chi connectivity index (χ4n) is 1.03. The van der Waals surface area contributed by atoms with Gasteiger partial charge in [-0.1, -0.05) is 0 Å². The molecular formula is C10H13N3S. The van der Waals surface area contributed by atoms with Gasteiger partial charge in [-0.15, -0.1) is 0 Å². The highest BCUT2D eigenvalue weighted by molar-refractivity contribution is 8.03. The molecule has 14 heavy (non-hydrogen) atoms. The van der Waals surface area contributed by atoms with Gasteiger partial charge in [0.05, 0.1) is 0 Å². The SMILES string of the molecule is N#CSc1ccc(NCCCN)cc1. The van der Waals surface area contributed by atoms with Gasteiger partial charge < -0.3 is 11.1 Å². The Bertz CT molecular complexity index is 302. The number of nitrogens with one attached hydrogen (secondary N) is 1. The van der Waals surface area contributed by atoms with E-state index in [-0.39, 0.29) is 0 Å². The lowest BCUT2D eigenvalue weighted by Gasteiger charge is -2.04. The van der Waals surface area contributed by atoms with Crippen molar-refractivity contribution in [2.45, 2.75) is 11.3 Å². The van der Waals surface area contributed by atoms with E-state index in [0.29, 0.717) is 6.54 Å².